The quantitative estimate of drug-likeness (QED) is 0.663. The minimum atomic E-state index is -1.39. The number of hydrogen-bond donors (Lipinski definition) is 2. The van der Waals surface area contributed by atoms with Gasteiger partial charge in [-0.3, -0.25) is 4.79 Å². The topological polar surface area (TPSA) is 66.4 Å². The molecule has 2 saturated carbocycles. The first-order valence-corrected chi connectivity index (χ1v) is 5.81. The van der Waals surface area contributed by atoms with E-state index in [0.717, 1.165) is 12.8 Å². The Bertz CT molecular complexity index is 345. The van der Waals surface area contributed by atoms with Crippen LogP contribution in [0.4, 0.5) is 0 Å². The lowest BCUT2D eigenvalue weighted by Gasteiger charge is -2.42. The predicted molar refractivity (Wildman–Crippen MR) is 58.8 cm³/mol. The van der Waals surface area contributed by atoms with Crippen LogP contribution >= 0.6 is 0 Å². The van der Waals surface area contributed by atoms with Crippen LogP contribution in [-0.2, 0) is 9.59 Å². The molecule has 2 bridgehead atoms. The third kappa shape index (κ3) is 1.43. The largest absolute Gasteiger partial charge is 0.474 e. The van der Waals surface area contributed by atoms with Crippen molar-refractivity contribution in [1.82, 2.24) is 5.32 Å². The van der Waals surface area contributed by atoms with Crippen LogP contribution in [0, 0.1) is 16.7 Å². The van der Waals surface area contributed by atoms with Crippen molar-refractivity contribution in [1.29, 1.82) is 0 Å². The molecule has 16 heavy (non-hydrogen) atoms. The summed E-state index contributed by atoms with van der Waals surface area (Å²) >= 11 is 0. The van der Waals surface area contributed by atoms with Gasteiger partial charge in [-0.25, -0.2) is 4.79 Å². The number of hydrogen-bond acceptors (Lipinski definition) is 2. The number of carboxylic acids is 1. The average molecular weight is 225 g/mol. The van der Waals surface area contributed by atoms with E-state index in [1.54, 1.807) is 0 Å². The molecule has 2 aliphatic carbocycles. The van der Waals surface area contributed by atoms with Crippen molar-refractivity contribution < 1.29 is 14.7 Å². The van der Waals surface area contributed by atoms with Crippen LogP contribution in [0.5, 0.6) is 0 Å². The van der Waals surface area contributed by atoms with Gasteiger partial charge in [0.15, 0.2) is 0 Å². The molecular formula is C12H19NO3. The van der Waals surface area contributed by atoms with Crippen LogP contribution in [0.1, 0.15) is 40.0 Å². The molecule has 0 radical (unpaired) electrons. The Balaban J connectivity index is 2.20. The highest BCUT2D eigenvalue weighted by Gasteiger charge is 2.59. The number of carboxylic acid groups (broad SMARTS) is 1. The summed E-state index contributed by atoms with van der Waals surface area (Å²) in [7, 11) is 0. The van der Waals surface area contributed by atoms with E-state index >= 15 is 0 Å². The van der Waals surface area contributed by atoms with E-state index in [4.69, 9.17) is 5.11 Å². The monoisotopic (exact) mass is 225 g/mol. The Hall–Kier alpha value is -1.06. The first-order valence-electron chi connectivity index (χ1n) is 5.81. The molecule has 2 fully saturated rings. The maximum absolute atomic E-state index is 11.3. The Morgan fingerprint density at radius 3 is 2.38 bits per heavy atom. The van der Waals surface area contributed by atoms with Crippen LogP contribution < -0.4 is 5.32 Å². The third-order valence-electron chi connectivity index (χ3n) is 4.74. The maximum atomic E-state index is 11.3. The second kappa shape index (κ2) is 3.22. The SMILES string of the molecule is CC12CCC(C1)C(C)(C)C2NC(=O)C(=O)O. The molecule has 0 aromatic heterocycles. The zero-order valence-electron chi connectivity index (χ0n) is 10.0. The number of rotatable bonds is 1. The molecule has 0 saturated heterocycles. The first kappa shape index (κ1) is 11.4. The van der Waals surface area contributed by atoms with Crippen LogP contribution in [0.2, 0.25) is 0 Å². The highest BCUT2D eigenvalue weighted by Crippen LogP contribution is 2.62. The van der Waals surface area contributed by atoms with E-state index in [2.05, 4.69) is 26.1 Å². The number of carbonyl (C=O) groups excluding carboxylic acids is 1. The smallest absolute Gasteiger partial charge is 0.394 e. The van der Waals surface area contributed by atoms with E-state index in [1.165, 1.54) is 6.42 Å². The second-order valence-electron chi connectivity index (χ2n) is 6.13. The minimum Gasteiger partial charge on any atom is -0.474 e. The predicted octanol–water partition coefficient (Wildman–Crippen LogP) is 1.40. The molecule has 3 atom stereocenters. The number of fused-ring (bicyclic) bond motifs is 2. The fraction of sp³-hybridized carbons (Fsp3) is 0.833. The van der Waals surface area contributed by atoms with Gasteiger partial charge in [-0.15, -0.1) is 0 Å². The zero-order chi connectivity index (χ0) is 12.1. The van der Waals surface area contributed by atoms with Gasteiger partial charge in [0.2, 0.25) is 0 Å². The van der Waals surface area contributed by atoms with Crippen molar-refractivity contribution in [2.45, 2.75) is 46.1 Å². The molecule has 4 nitrogen and oxygen atoms in total. The summed E-state index contributed by atoms with van der Waals surface area (Å²) in [6.07, 6.45) is 3.39. The first-order chi connectivity index (χ1) is 7.27. The zero-order valence-corrected chi connectivity index (χ0v) is 10.0. The highest BCUT2D eigenvalue weighted by molar-refractivity contribution is 6.31. The van der Waals surface area contributed by atoms with Crippen molar-refractivity contribution in [3.63, 3.8) is 0 Å². The minimum absolute atomic E-state index is 0.0117. The summed E-state index contributed by atoms with van der Waals surface area (Å²) in [5.41, 5.74) is 0.0946. The lowest BCUT2D eigenvalue weighted by Crippen LogP contribution is -2.53. The van der Waals surface area contributed by atoms with Gasteiger partial charge in [0.1, 0.15) is 0 Å². The summed E-state index contributed by atoms with van der Waals surface area (Å²) in [6.45, 7) is 6.43. The molecule has 2 N–H and O–H groups in total. The van der Waals surface area contributed by atoms with Crippen molar-refractivity contribution in [3.8, 4) is 0 Å². The maximum Gasteiger partial charge on any atom is 0.394 e. The molecule has 90 valence electrons. The Kier molecular flexibility index (Phi) is 2.30. The summed E-state index contributed by atoms with van der Waals surface area (Å²) < 4.78 is 0. The van der Waals surface area contributed by atoms with Crippen molar-refractivity contribution in [2.24, 2.45) is 16.7 Å². The van der Waals surface area contributed by atoms with E-state index in [0.29, 0.717) is 5.92 Å². The fourth-order valence-corrected chi connectivity index (χ4v) is 3.86. The molecule has 3 unspecified atom stereocenters. The molecule has 2 aliphatic rings. The van der Waals surface area contributed by atoms with Crippen molar-refractivity contribution in [2.75, 3.05) is 0 Å². The van der Waals surface area contributed by atoms with Gasteiger partial charge >= 0.3 is 11.9 Å². The summed E-state index contributed by atoms with van der Waals surface area (Å²) in [5, 5.41) is 11.4. The van der Waals surface area contributed by atoms with E-state index in [1.807, 2.05) is 0 Å². The van der Waals surface area contributed by atoms with E-state index < -0.39 is 11.9 Å². The molecule has 0 spiro atoms. The summed E-state index contributed by atoms with van der Waals surface area (Å²) in [6, 6.07) is -0.0117. The van der Waals surface area contributed by atoms with Gasteiger partial charge in [-0.05, 0) is 36.0 Å². The highest BCUT2D eigenvalue weighted by atomic mass is 16.4. The van der Waals surface area contributed by atoms with Crippen LogP contribution in [0.15, 0.2) is 0 Å². The molecule has 0 aliphatic heterocycles. The number of aliphatic carboxylic acids is 1. The van der Waals surface area contributed by atoms with Gasteiger partial charge in [0.05, 0.1) is 0 Å². The van der Waals surface area contributed by atoms with Crippen LogP contribution in [0.3, 0.4) is 0 Å². The standard InChI is InChI=1S/C12H19NO3/c1-11(2)7-4-5-12(3,6-7)10(11)13-8(14)9(15)16/h7,10H,4-6H2,1-3H3,(H,13,14)(H,15,16). The van der Waals surface area contributed by atoms with Crippen molar-refractivity contribution >= 4 is 11.9 Å². The molecular weight excluding hydrogens is 206 g/mol. The second-order valence-corrected chi connectivity index (χ2v) is 6.13. The lowest BCUT2D eigenvalue weighted by atomic mass is 9.68. The van der Waals surface area contributed by atoms with Gasteiger partial charge in [-0.2, -0.15) is 0 Å². The molecule has 4 heteroatoms. The van der Waals surface area contributed by atoms with Gasteiger partial charge in [-0.1, -0.05) is 20.8 Å². The van der Waals surface area contributed by atoms with Gasteiger partial charge in [0, 0.05) is 6.04 Å². The van der Waals surface area contributed by atoms with E-state index in [9.17, 15) is 9.59 Å². The Morgan fingerprint density at radius 2 is 1.94 bits per heavy atom. The molecule has 0 aromatic rings. The van der Waals surface area contributed by atoms with Crippen LogP contribution in [-0.4, -0.2) is 23.0 Å². The van der Waals surface area contributed by atoms with Gasteiger partial charge in [0.25, 0.3) is 0 Å². The molecule has 0 heterocycles. The van der Waals surface area contributed by atoms with E-state index in [-0.39, 0.29) is 16.9 Å². The van der Waals surface area contributed by atoms with Gasteiger partial charge < -0.3 is 10.4 Å². The Morgan fingerprint density at radius 1 is 1.31 bits per heavy atom. The lowest BCUT2D eigenvalue weighted by molar-refractivity contribution is -0.151. The third-order valence-corrected chi connectivity index (χ3v) is 4.74. The van der Waals surface area contributed by atoms with Crippen LogP contribution in [0.25, 0.3) is 0 Å². The molecule has 0 aromatic carbocycles. The normalized spacial score (nSPS) is 39.7. The number of nitrogens with one attached hydrogen (secondary N) is 1. The van der Waals surface area contributed by atoms with Crippen molar-refractivity contribution in [3.05, 3.63) is 0 Å². The Labute approximate surface area is 95.4 Å². The molecule has 1 amide bonds. The summed E-state index contributed by atoms with van der Waals surface area (Å²) in [4.78, 5) is 21.9. The fourth-order valence-electron chi connectivity index (χ4n) is 3.86. The molecule has 2 rings (SSSR count). The number of carbonyl (C=O) groups is 2. The average Bonchev–Trinajstić information content (AvgIpc) is 2.63. The number of amides is 1. The summed E-state index contributed by atoms with van der Waals surface area (Å²) in [5.74, 6) is -1.65.